The molecule has 1 aromatic heterocycles. The smallest absolute Gasteiger partial charge is 0.151 e. The van der Waals surface area contributed by atoms with Crippen LogP contribution in [0.3, 0.4) is 0 Å². The molecule has 4 heteroatoms. The molecule has 0 unspecified atom stereocenters. The van der Waals surface area contributed by atoms with Crippen molar-refractivity contribution in [3.05, 3.63) is 59.7 Å². The summed E-state index contributed by atoms with van der Waals surface area (Å²) in [6.45, 7) is 4.15. The van der Waals surface area contributed by atoms with Gasteiger partial charge in [0.25, 0.3) is 0 Å². The van der Waals surface area contributed by atoms with Gasteiger partial charge in [0.15, 0.2) is 5.82 Å². The van der Waals surface area contributed by atoms with Crippen molar-refractivity contribution in [2.75, 3.05) is 5.73 Å². The molecule has 0 saturated heterocycles. The Labute approximate surface area is 123 Å². The van der Waals surface area contributed by atoms with Gasteiger partial charge in [0.05, 0.1) is 5.52 Å². The zero-order valence-electron chi connectivity index (χ0n) is 12.2. The zero-order chi connectivity index (χ0) is 15.0. The maximum absolute atomic E-state index is 14.0. The first kappa shape index (κ1) is 13.6. The van der Waals surface area contributed by atoms with Gasteiger partial charge < -0.3 is 10.3 Å². The normalized spacial score (nSPS) is 11.4. The maximum atomic E-state index is 14.0. The minimum atomic E-state index is -0.283. The molecule has 1 heterocycles. The molecule has 3 nitrogen and oxygen atoms in total. The highest BCUT2D eigenvalue weighted by atomic mass is 19.1. The van der Waals surface area contributed by atoms with Crippen LogP contribution in [-0.2, 0) is 6.42 Å². The predicted octanol–water partition coefficient (Wildman–Crippen LogP) is 3.93. The number of para-hydroxylation sites is 2. The number of anilines is 1. The van der Waals surface area contributed by atoms with Crippen molar-refractivity contribution in [2.24, 2.45) is 0 Å². The van der Waals surface area contributed by atoms with E-state index >= 15 is 0 Å². The summed E-state index contributed by atoms with van der Waals surface area (Å²) in [5.41, 5.74) is 9.01. The molecule has 3 aromatic rings. The van der Waals surface area contributed by atoms with Crippen LogP contribution in [0.1, 0.15) is 31.3 Å². The van der Waals surface area contributed by atoms with Gasteiger partial charge in [-0.25, -0.2) is 9.37 Å². The Bertz CT molecular complexity index is 790. The lowest BCUT2D eigenvalue weighted by Crippen LogP contribution is -2.07. The lowest BCUT2D eigenvalue weighted by molar-refractivity contribution is 0.591. The Balaban J connectivity index is 2.16. The average molecular weight is 283 g/mol. The van der Waals surface area contributed by atoms with Crippen molar-refractivity contribution >= 4 is 16.7 Å². The number of benzene rings is 2. The average Bonchev–Trinajstić information content (AvgIpc) is 2.81. The number of aromatic nitrogens is 2. The number of nitrogens with two attached hydrogens (primary N) is 1. The van der Waals surface area contributed by atoms with E-state index in [0.29, 0.717) is 11.9 Å². The van der Waals surface area contributed by atoms with E-state index in [9.17, 15) is 4.39 Å². The van der Waals surface area contributed by atoms with Gasteiger partial charge in [0.2, 0.25) is 0 Å². The molecule has 0 bridgehead atoms. The second-order valence-corrected chi connectivity index (χ2v) is 5.47. The monoisotopic (exact) mass is 283 g/mol. The first-order chi connectivity index (χ1) is 10.1. The van der Waals surface area contributed by atoms with Gasteiger partial charge in [-0.15, -0.1) is 0 Å². The number of imidazole rings is 1. The second kappa shape index (κ2) is 5.20. The lowest BCUT2D eigenvalue weighted by Gasteiger charge is -2.13. The van der Waals surface area contributed by atoms with Crippen LogP contribution in [0.25, 0.3) is 11.0 Å². The van der Waals surface area contributed by atoms with E-state index < -0.39 is 0 Å². The summed E-state index contributed by atoms with van der Waals surface area (Å²) in [4.78, 5) is 4.50. The van der Waals surface area contributed by atoms with Crippen LogP contribution in [0.2, 0.25) is 0 Å². The number of hydrogen-bond acceptors (Lipinski definition) is 2. The molecule has 0 aliphatic carbocycles. The van der Waals surface area contributed by atoms with Gasteiger partial charge in [-0.05, 0) is 37.6 Å². The standard InChI is InChI=1S/C17H18FN3/c1-11(2)21-15-9-5-7-13(18)17(15)20-16(21)10-12-6-3-4-8-14(12)19/h3-9,11H,10,19H2,1-2H3. The summed E-state index contributed by atoms with van der Waals surface area (Å²) >= 11 is 0. The molecule has 21 heavy (non-hydrogen) atoms. The van der Waals surface area contributed by atoms with Crippen molar-refractivity contribution in [3.63, 3.8) is 0 Å². The molecule has 2 N–H and O–H groups in total. The predicted molar refractivity (Wildman–Crippen MR) is 83.7 cm³/mol. The first-order valence-corrected chi connectivity index (χ1v) is 7.06. The van der Waals surface area contributed by atoms with E-state index in [1.54, 1.807) is 6.07 Å². The topological polar surface area (TPSA) is 43.8 Å². The van der Waals surface area contributed by atoms with E-state index in [4.69, 9.17) is 5.73 Å². The van der Waals surface area contributed by atoms with E-state index in [1.165, 1.54) is 6.07 Å². The fourth-order valence-electron chi connectivity index (χ4n) is 2.70. The zero-order valence-corrected chi connectivity index (χ0v) is 12.2. The summed E-state index contributed by atoms with van der Waals surface area (Å²) in [7, 11) is 0. The summed E-state index contributed by atoms with van der Waals surface area (Å²) in [6, 6.07) is 13.0. The van der Waals surface area contributed by atoms with Gasteiger partial charge in [0, 0.05) is 18.2 Å². The van der Waals surface area contributed by atoms with Crippen molar-refractivity contribution in [3.8, 4) is 0 Å². The minimum absolute atomic E-state index is 0.205. The summed E-state index contributed by atoms with van der Waals surface area (Å²) in [6.07, 6.45) is 0.596. The molecule has 2 aromatic carbocycles. The van der Waals surface area contributed by atoms with Gasteiger partial charge >= 0.3 is 0 Å². The third-order valence-corrected chi connectivity index (χ3v) is 3.66. The molecule has 108 valence electrons. The Morgan fingerprint density at radius 2 is 1.90 bits per heavy atom. The molecular formula is C17H18FN3. The number of nitrogens with zero attached hydrogens (tertiary/aromatic N) is 2. The molecule has 0 amide bonds. The lowest BCUT2D eigenvalue weighted by atomic mass is 10.1. The minimum Gasteiger partial charge on any atom is -0.398 e. The SMILES string of the molecule is CC(C)n1c(Cc2ccccc2N)nc2c(F)cccc21. The Hall–Kier alpha value is -2.36. The molecule has 0 radical (unpaired) electrons. The van der Waals surface area contributed by atoms with Crippen LogP contribution in [-0.4, -0.2) is 9.55 Å². The van der Waals surface area contributed by atoms with E-state index in [1.807, 2.05) is 30.3 Å². The number of halogens is 1. The van der Waals surface area contributed by atoms with Crippen LogP contribution in [0.4, 0.5) is 10.1 Å². The fourth-order valence-corrected chi connectivity index (χ4v) is 2.70. The molecule has 0 aliphatic heterocycles. The molecule has 0 saturated carbocycles. The first-order valence-electron chi connectivity index (χ1n) is 7.06. The molecule has 0 fully saturated rings. The third kappa shape index (κ3) is 2.37. The highest BCUT2D eigenvalue weighted by Gasteiger charge is 2.16. The van der Waals surface area contributed by atoms with Crippen LogP contribution >= 0.6 is 0 Å². The van der Waals surface area contributed by atoms with Crippen LogP contribution < -0.4 is 5.73 Å². The maximum Gasteiger partial charge on any atom is 0.151 e. The van der Waals surface area contributed by atoms with E-state index in [0.717, 1.165) is 22.6 Å². The molecule has 0 atom stereocenters. The largest absolute Gasteiger partial charge is 0.398 e. The highest BCUT2D eigenvalue weighted by Crippen LogP contribution is 2.25. The van der Waals surface area contributed by atoms with Crippen molar-refractivity contribution < 1.29 is 4.39 Å². The van der Waals surface area contributed by atoms with E-state index in [2.05, 4.69) is 23.4 Å². The number of hydrogen-bond donors (Lipinski definition) is 1. The second-order valence-electron chi connectivity index (χ2n) is 5.47. The number of nitrogen functional groups attached to an aromatic ring is 1. The Morgan fingerprint density at radius 1 is 1.14 bits per heavy atom. The molecule has 0 aliphatic rings. The van der Waals surface area contributed by atoms with Crippen LogP contribution in [0, 0.1) is 5.82 Å². The molecule has 3 rings (SSSR count). The van der Waals surface area contributed by atoms with Gasteiger partial charge in [-0.1, -0.05) is 24.3 Å². The van der Waals surface area contributed by atoms with Gasteiger partial charge in [-0.2, -0.15) is 0 Å². The Morgan fingerprint density at radius 3 is 2.62 bits per heavy atom. The quantitative estimate of drug-likeness (QED) is 0.740. The molecule has 0 spiro atoms. The third-order valence-electron chi connectivity index (χ3n) is 3.66. The van der Waals surface area contributed by atoms with Crippen molar-refractivity contribution in [2.45, 2.75) is 26.3 Å². The van der Waals surface area contributed by atoms with Crippen molar-refractivity contribution in [1.82, 2.24) is 9.55 Å². The van der Waals surface area contributed by atoms with Gasteiger partial charge in [-0.3, -0.25) is 0 Å². The van der Waals surface area contributed by atoms with E-state index in [-0.39, 0.29) is 11.9 Å². The summed E-state index contributed by atoms with van der Waals surface area (Å²) in [5.74, 6) is 0.553. The number of rotatable bonds is 3. The van der Waals surface area contributed by atoms with Crippen molar-refractivity contribution in [1.29, 1.82) is 0 Å². The summed E-state index contributed by atoms with van der Waals surface area (Å²) < 4.78 is 16.0. The highest BCUT2D eigenvalue weighted by molar-refractivity contribution is 5.77. The van der Waals surface area contributed by atoms with Gasteiger partial charge in [0.1, 0.15) is 11.3 Å². The fraction of sp³-hybridized carbons (Fsp3) is 0.235. The van der Waals surface area contributed by atoms with Crippen LogP contribution in [0.15, 0.2) is 42.5 Å². The summed E-state index contributed by atoms with van der Waals surface area (Å²) in [5, 5.41) is 0. The number of fused-ring (bicyclic) bond motifs is 1. The Kier molecular flexibility index (Phi) is 3.37. The van der Waals surface area contributed by atoms with Crippen LogP contribution in [0.5, 0.6) is 0 Å². The molecular weight excluding hydrogens is 265 g/mol.